The lowest BCUT2D eigenvalue weighted by atomic mass is 10.1. The van der Waals surface area contributed by atoms with Gasteiger partial charge in [-0.15, -0.1) is 0 Å². The van der Waals surface area contributed by atoms with E-state index in [1.165, 1.54) is 30.3 Å². The Hall–Kier alpha value is -2.94. The van der Waals surface area contributed by atoms with Crippen LogP contribution in [-0.4, -0.2) is 32.0 Å². The van der Waals surface area contributed by atoms with Crippen LogP contribution >= 0.6 is 0 Å². The fourth-order valence-corrected chi connectivity index (χ4v) is 2.94. The third kappa shape index (κ3) is 4.79. The van der Waals surface area contributed by atoms with Crippen molar-refractivity contribution in [1.29, 1.82) is 0 Å². The minimum absolute atomic E-state index is 0.0492. The van der Waals surface area contributed by atoms with Gasteiger partial charge < -0.3 is 10.6 Å². The molecule has 0 spiro atoms. The Morgan fingerprint density at radius 3 is 2.35 bits per heavy atom. The van der Waals surface area contributed by atoms with E-state index in [0.29, 0.717) is 16.9 Å². The lowest BCUT2D eigenvalue weighted by molar-refractivity contribution is -0.384. The summed E-state index contributed by atoms with van der Waals surface area (Å²) in [5, 5.41) is 16.3. The van der Waals surface area contributed by atoms with E-state index in [4.69, 9.17) is 0 Å². The number of nitrogens with zero attached hydrogens (tertiary/aromatic N) is 1. The fraction of sp³-hybridized carbons (Fsp3) is 0.235. The maximum absolute atomic E-state index is 12.1. The summed E-state index contributed by atoms with van der Waals surface area (Å²) >= 11 is 0. The van der Waals surface area contributed by atoms with Gasteiger partial charge in [-0.05, 0) is 43.2 Å². The second-order valence-corrected chi connectivity index (χ2v) is 7.92. The molecule has 0 unspecified atom stereocenters. The summed E-state index contributed by atoms with van der Waals surface area (Å²) in [7, 11) is -3.34. The minimum atomic E-state index is -3.34. The van der Waals surface area contributed by atoms with Gasteiger partial charge in [0.15, 0.2) is 9.84 Å². The molecular weight excluding hydrogens is 358 g/mol. The second kappa shape index (κ2) is 7.52. The van der Waals surface area contributed by atoms with Crippen LogP contribution in [0.15, 0.2) is 41.3 Å². The first kappa shape index (κ1) is 19.4. The molecule has 0 atom stereocenters. The van der Waals surface area contributed by atoms with Gasteiger partial charge in [-0.25, -0.2) is 8.42 Å². The van der Waals surface area contributed by atoms with Crippen molar-refractivity contribution in [2.24, 2.45) is 0 Å². The van der Waals surface area contributed by atoms with E-state index in [-0.39, 0.29) is 23.0 Å². The number of aryl methyl sites for hydroxylation is 2. The van der Waals surface area contributed by atoms with E-state index in [1.54, 1.807) is 19.9 Å². The smallest absolute Gasteiger partial charge is 0.269 e. The fourth-order valence-electron chi connectivity index (χ4n) is 2.29. The number of nitro groups is 1. The Morgan fingerprint density at radius 1 is 1.08 bits per heavy atom. The summed E-state index contributed by atoms with van der Waals surface area (Å²) in [6, 6.07) is 8.82. The van der Waals surface area contributed by atoms with E-state index in [0.717, 1.165) is 11.8 Å². The van der Waals surface area contributed by atoms with Crippen molar-refractivity contribution in [1.82, 2.24) is 0 Å². The van der Waals surface area contributed by atoms with Crippen molar-refractivity contribution in [3.05, 3.63) is 57.6 Å². The lowest BCUT2D eigenvalue weighted by Gasteiger charge is -2.12. The van der Waals surface area contributed by atoms with Crippen LogP contribution in [0.1, 0.15) is 11.1 Å². The molecule has 2 aromatic carbocycles. The molecular formula is C17H19N3O5S. The van der Waals surface area contributed by atoms with Gasteiger partial charge in [0.1, 0.15) is 0 Å². The predicted molar refractivity (Wildman–Crippen MR) is 99.2 cm³/mol. The summed E-state index contributed by atoms with van der Waals surface area (Å²) in [6.45, 7) is 3.38. The third-order valence-electron chi connectivity index (χ3n) is 3.77. The van der Waals surface area contributed by atoms with Gasteiger partial charge in [0.2, 0.25) is 5.91 Å². The number of nitrogens with one attached hydrogen (secondary N) is 2. The molecule has 9 heteroatoms. The van der Waals surface area contributed by atoms with Gasteiger partial charge in [-0.2, -0.15) is 0 Å². The zero-order valence-corrected chi connectivity index (χ0v) is 15.4. The molecule has 0 aliphatic rings. The molecule has 8 nitrogen and oxygen atoms in total. The number of rotatable bonds is 6. The first-order chi connectivity index (χ1) is 12.1. The van der Waals surface area contributed by atoms with E-state index < -0.39 is 14.8 Å². The Morgan fingerprint density at radius 2 is 1.77 bits per heavy atom. The van der Waals surface area contributed by atoms with Crippen LogP contribution in [0.5, 0.6) is 0 Å². The van der Waals surface area contributed by atoms with Crippen LogP contribution in [-0.2, 0) is 14.6 Å². The van der Waals surface area contributed by atoms with Gasteiger partial charge in [-0.1, -0.05) is 6.07 Å². The Balaban J connectivity index is 2.07. The maximum atomic E-state index is 12.1. The molecule has 0 aromatic heterocycles. The van der Waals surface area contributed by atoms with Crippen molar-refractivity contribution < 1.29 is 18.1 Å². The Bertz CT molecular complexity index is 970. The maximum Gasteiger partial charge on any atom is 0.269 e. The zero-order valence-electron chi connectivity index (χ0n) is 14.6. The van der Waals surface area contributed by atoms with Gasteiger partial charge in [0, 0.05) is 29.8 Å². The molecule has 0 heterocycles. The molecule has 2 rings (SSSR count). The molecule has 1 amide bonds. The number of amides is 1. The number of nitro benzene ring substituents is 1. The highest BCUT2D eigenvalue weighted by atomic mass is 32.2. The molecule has 0 saturated heterocycles. The van der Waals surface area contributed by atoms with Crippen LogP contribution < -0.4 is 10.6 Å². The average Bonchev–Trinajstić information content (AvgIpc) is 2.54. The van der Waals surface area contributed by atoms with Crippen molar-refractivity contribution in [2.75, 3.05) is 23.4 Å². The number of carbonyl (C=O) groups is 1. The first-order valence-electron chi connectivity index (χ1n) is 7.67. The molecule has 0 aliphatic heterocycles. The first-order valence-corrected chi connectivity index (χ1v) is 9.56. The van der Waals surface area contributed by atoms with Crippen molar-refractivity contribution in [3.8, 4) is 0 Å². The highest BCUT2D eigenvalue weighted by Gasteiger charge is 2.12. The quantitative estimate of drug-likeness (QED) is 0.590. The number of benzene rings is 2. The van der Waals surface area contributed by atoms with Crippen LogP contribution in [0.4, 0.5) is 17.1 Å². The molecule has 0 aliphatic carbocycles. The topological polar surface area (TPSA) is 118 Å². The minimum Gasteiger partial charge on any atom is -0.376 e. The summed E-state index contributed by atoms with van der Waals surface area (Å²) in [5.41, 5.74) is 2.35. The van der Waals surface area contributed by atoms with Crippen molar-refractivity contribution in [3.63, 3.8) is 0 Å². The van der Waals surface area contributed by atoms with Gasteiger partial charge in [0.05, 0.1) is 16.4 Å². The predicted octanol–water partition coefficient (Wildman–Crippen LogP) is 2.67. The molecule has 0 radical (unpaired) electrons. The second-order valence-electron chi connectivity index (χ2n) is 5.91. The van der Waals surface area contributed by atoms with Crippen LogP contribution in [0.2, 0.25) is 0 Å². The standard InChI is InChI=1S/C17H19N3O5S/c1-11-4-6-14(26(3,24)25)9-16(11)18-10-17(21)19-15-7-5-13(20(22)23)8-12(15)2/h4-9,18H,10H2,1-3H3,(H,19,21). The number of hydrogen-bond acceptors (Lipinski definition) is 6. The van der Waals surface area contributed by atoms with Crippen LogP contribution in [0.3, 0.4) is 0 Å². The van der Waals surface area contributed by atoms with Gasteiger partial charge in [-0.3, -0.25) is 14.9 Å². The molecule has 0 bridgehead atoms. The molecule has 26 heavy (non-hydrogen) atoms. The number of non-ortho nitro benzene ring substituents is 1. The zero-order chi connectivity index (χ0) is 19.5. The lowest BCUT2D eigenvalue weighted by Crippen LogP contribution is -2.22. The molecule has 0 fully saturated rings. The van der Waals surface area contributed by atoms with Gasteiger partial charge >= 0.3 is 0 Å². The third-order valence-corrected chi connectivity index (χ3v) is 4.88. The summed E-state index contributed by atoms with van der Waals surface area (Å²) in [6.07, 6.45) is 1.12. The Kier molecular flexibility index (Phi) is 5.61. The highest BCUT2D eigenvalue weighted by molar-refractivity contribution is 7.90. The molecule has 2 N–H and O–H groups in total. The van der Waals surface area contributed by atoms with Gasteiger partial charge in [0.25, 0.3) is 5.69 Å². The van der Waals surface area contributed by atoms with Crippen molar-refractivity contribution >= 4 is 32.8 Å². The van der Waals surface area contributed by atoms with E-state index >= 15 is 0 Å². The number of sulfone groups is 1. The average molecular weight is 377 g/mol. The van der Waals surface area contributed by atoms with E-state index in [1.807, 2.05) is 0 Å². The normalized spacial score (nSPS) is 11.0. The van der Waals surface area contributed by atoms with Crippen LogP contribution in [0.25, 0.3) is 0 Å². The largest absolute Gasteiger partial charge is 0.376 e. The number of carbonyl (C=O) groups excluding carboxylic acids is 1. The van der Waals surface area contributed by atoms with Crippen LogP contribution in [0, 0.1) is 24.0 Å². The monoisotopic (exact) mass is 377 g/mol. The van der Waals surface area contributed by atoms with E-state index in [9.17, 15) is 23.3 Å². The number of anilines is 2. The van der Waals surface area contributed by atoms with Crippen molar-refractivity contribution in [2.45, 2.75) is 18.7 Å². The summed E-state index contributed by atoms with van der Waals surface area (Å²) in [5.74, 6) is -0.355. The summed E-state index contributed by atoms with van der Waals surface area (Å²) in [4.78, 5) is 22.5. The highest BCUT2D eigenvalue weighted by Crippen LogP contribution is 2.22. The molecule has 0 saturated carbocycles. The van der Waals surface area contributed by atoms with E-state index in [2.05, 4.69) is 10.6 Å². The molecule has 2 aromatic rings. The SMILES string of the molecule is Cc1ccc(S(C)(=O)=O)cc1NCC(=O)Nc1ccc([N+](=O)[O-])cc1C. The molecule has 138 valence electrons. The summed E-state index contributed by atoms with van der Waals surface area (Å²) < 4.78 is 23.3. The Labute approximate surface area is 151 Å². The number of hydrogen-bond donors (Lipinski definition) is 2.